The average molecular weight is 271 g/mol. The van der Waals surface area contributed by atoms with Crippen molar-refractivity contribution >= 4 is 23.1 Å². The Morgan fingerprint density at radius 2 is 2.24 bits per heavy atom. The molecule has 1 saturated heterocycles. The minimum absolute atomic E-state index is 0.250. The van der Waals surface area contributed by atoms with E-state index in [1.807, 2.05) is 11.8 Å². The molecular formula is C12H17NO2S2. The summed E-state index contributed by atoms with van der Waals surface area (Å²) >= 11 is 3.65. The van der Waals surface area contributed by atoms with Gasteiger partial charge in [0.2, 0.25) is 0 Å². The zero-order valence-corrected chi connectivity index (χ0v) is 11.3. The molecule has 0 radical (unpaired) electrons. The second-order valence-corrected chi connectivity index (χ2v) is 7.09. The molecule has 2 aliphatic rings. The third kappa shape index (κ3) is 2.53. The first-order valence-electron chi connectivity index (χ1n) is 6.01. The SMILES string of the molecule is NC1CCC2(CC1Sc1cccs1)OCCO2. The smallest absolute Gasteiger partial charge is 0.169 e. The Kier molecular flexibility index (Phi) is 3.45. The van der Waals surface area contributed by atoms with Crippen molar-refractivity contribution in [3.05, 3.63) is 17.5 Å². The summed E-state index contributed by atoms with van der Waals surface area (Å²) in [5.74, 6) is -0.329. The molecule has 3 rings (SSSR count). The van der Waals surface area contributed by atoms with Crippen molar-refractivity contribution in [2.24, 2.45) is 5.73 Å². The van der Waals surface area contributed by atoms with E-state index in [-0.39, 0.29) is 11.8 Å². The lowest BCUT2D eigenvalue weighted by molar-refractivity contribution is -0.176. The number of hydrogen-bond donors (Lipinski definition) is 1. The average Bonchev–Trinajstić information content (AvgIpc) is 2.96. The van der Waals surface area contributed by atoms with Crippen molar-refractivity contribution in [3.63, 3.8) is 0 Å². The van der Waals surface area contributed by atoms with E-state index >= 15 is 0 Å². The van der Waals surface area contributed by atoms with Crippen LogP contribution in [0.1, 0.15) is 19.3 Å². The quantitative estimate of drug-likeness (QED) is 0.897. The molecule has 2 heterocycles. The van der Waals surface area contributed by atoms with Gasteiger partial charge in [0.25, 0.3) is 0 Å². The summed E-state index contributed by atoms with van der Waals surface area (Å²) in [5, 5.41) is 2.51. The van der Waals surface area contributed by atoms with E-state index in [0.717, 1.165) is 32.5 Å². The van der Waals surface area contributed by atoms with Gasteiger partial charge in [0.15, 0.2) is 5.79 Å². The second-order valence-electron chi connectivity index (χ2n) is 4.60. The Morgan fingerprint density at radius 3 is 2.94 bits per heavy atom. The molecule has 5 heteroatoms. The van der Waals surface area contributed by atoms with Gasteiger partial charge in [-0.1, -0.05) is 6.07 Å². The zero-order valence-electron chi connectivity index (χ0n) is 9.63. The predicted octanol–water partition coefficient (Wildman–Crippen LogP) is 2.46. The van der Waals surface area contributed by atoms with Crippen LogP contribution >= 0.6 is 23.1 Å². The Hall–Kier alpha value is -0.0700. The van der Waals surface area contributed by atoms with Gasteiger partial charge in [-0.3, -0.25) is 0 Å². The maximum atomic E-state index is 6.22. The molecule has 2 atom stereocenters. The molecule has 1 aromatic rings. The lowest BCUT2D eigenvalue weighted by Gasteiger charge is -2.39. The molecule has 2 unspecified atom stereocenters. The molecule has 94 valence electrons. The first kappa shape index (κ1) is 12.0. The first-order chi connectivity index (χ1) is 8.27. The van der Waals surface area contributed by atoms with Crippen molar-refractivity contribution in [1.29, 1.82) is 0 Å². The summed E-state index contributed by atoms with van der Waals surface area (Å²) in [6, 6.07) is 4.49. The molecule has 1 spiro atoms. The Morgan fingerprint density at radius 1 is 1.41 bits per heavy atom. The van der Waals surface area contributed by atoms with Crippen molar-refractivity contribution in [1.82, 2.24) is 0 Å². The van der Waals surface area contributed by atoms with Crippen molar-refractivity contribution in [3.8, 4) is 0 Å². The molecule has 1 aromatic heterocycles. The van der Waals surface area contributed by atoms with Crippen LogP contribution in [0.4, 0.5) is 0 Å². The van der Waals surface area contributed by atoms with Gasteiger partial charge < -0.3 is 15.2 Å². The van der Waals surface area contributed by atoms with E-state index in [9.17, 15) is 0 Å². The highest BCUT2D eigenvalue weighted by molar-refractivity contribution is 8.01. The summed E-state index contributed by atoms with van der Waals surface area (Å²) in [6.07, 6.45) is 2.84. The molecule has 2 fully saturated rings. The summed E-state index contributed by atoms with van der Waals surface area (Å²) in [7, 11) is 0. The summed E-state index contributed by atoms with van der Waals surface area (Å²) in [5.41, 5.74) is 6.22. The minimum Gasteiger partial charge on any atom is -0.347 e. The molecule has 0 amide bonds. The first-order valence-corrected chi connectivity index (χ1v) is 7.77. The molecule has 1 aliphatic carbocycles. The number of ether oxygens (including phenoxy) is 2. The monoisotopic (exact) mass is 271 g/mol. The van der Waals surface area contributed by atoms with Crippen LogP contribution in [-0.2, 0) is 9.47 Å². The third-order valence-electron chi connectivity index (χ3n) is 3.42. The highest BCUT2D eigenvalue weighted by atomic mass is 32.2. The fourth-order valence-electron chi connectivity index (χ4n) is 2.50. The molecule has 17 heavy (non-hydrogen) atoms. The van der Waals surface area contributed by atoms with Crippen molar-refractivity contribution < 1.29 is 9.47 Å². The fraction of sp³-hybridized carbons (Fsp3) is 0.667. The van der Waals surface area contributed by atoms with Gasteiger partial charge in [-0.05, 0) is 17.9 Å². The normalized spacial score (nSPS) is 32.1. The molecule has 1 saturated carbocycles. The lowest BCUT2D eigenvalue weighted by atomic mass is 9.90. The summed E-state index contributed by atoms with van der Waals surface area (Å²) in [6.45, 7) is 1.46. The maximum absolute atomic E-state index is 6.22. The van der Waals surface area contributed by atoms with Crippen LogP contribution in [0.25, 0.3) is 0 Å². The van der Waals surface area contributed by atoms with E-state index in [1.165, 1.54) is 4.21 Å². The van der Waals surface area contributed by atoms with Gasteiger partial charge in [0.1, 0.15) is 0 Å². The molecular weight excluding hydrogens is 254 g/mol. The standard InChI is InChI=1S/C12H17NO2S2/c13-9-3-4-12(14-5-6-15-12)8-10(9)17-11-2-1-7-16-11/h1-2,7,9-10H,3-6,8,13H2. The third-order valence-corrected chi connectivity index (χ3v) is 5.85. The van der Waals surface area contributed by atoms with E-state index < -0.39 is 0 Å². The highest BCUT2D eigenvalue weighted by Crippen LogP contribution is 2.42. The zero-order chi connectivity index (χ0) is 11.7. The van der Waals surface area contributed by atoms with Crippen LogP contribution in [0.2, 0.25) is 0 Å². The van der Waals surface area contributed by atoms with Gasteiger partial charge in [0, 0.05) is 24.1 Å². The van der Waals surface area contributed by atoms with E-state index in [0.29, 0.717) is 5.25 Å². The van der Waals surface area contributed by atoms with Crippen LogP contribution in [0, 0.1) is 0 Å². The highest BCUT2D eigenvalue weighted by Gasteiger charge is 2.44. The summed E-state index contributed by atoms with van der Waals surface area (Å²) < 4.78 is 12.9. The van der Waals surface area contributed by atoms with Gasteiger partial charge in [-0.2, -0.15) is 0 Å². The largest absolute Gasteiger partial charge is 0.347 e. The van der Waals surface area contributed by atoms with Crippen LogP contribution in [-0.4, -0.2) is 30.3 Å². The Labute approximate surface area is 110 Å². The molecule has 1 aliphatic heterocycles. The van der Waals surface area contributed by atoms with Gasteiger partial charge in [-0.25, -0.2) is 0 Å². The van der Waals surface area contributed by atoms with E-state index in [4.69, 9.17) is 15.2 Å². The van der Waals surface area contributed by atoms with E-state index in [2.05, 4.69) is 17.5 Å². The minimum atomic E-state index is -0.329. The van der Waals surface area contributed by atoms with Crippen LogP contribution < -0.4 is 5.73 Å². The molecule has 2 N–H and O–H groups in total. The lowest BCUT2D eigenvalue weighted by Crippen LogP contribution is -2.47. The van der Waals surface area contributed by atoms with E-state index in [1.54, 1.807) is 11.3 Å². The number of thiophene rings is 1. The number of hydrogen-bond acceptors (Lipinski definition) is 5. The molecule has 0 aromatic carbocycles. The van der Waals surface area contributed by atoms with Crippen LogP contribution in [0.5, 0.6) is 0 Å². The number of thioether (sulfide) groups is 1. The second kappa shape index (κ2) is 4.90. The maximum Gasteiger partial charge on any atom is 0.169 e. The van der Waals surface area contributed by atoms with Crippen molar-refractivity contribution in [2.45, 2.75) is 40.6 Å². The van der Waals surface area contributed by atoms with Crippen LogP contribution in [0.3, 0.4) is 0 Å². The summed E-state index contributed by atoms with van der Waals surface area (Å²) in [4.78, 5) is 0. The predicted molar refractivity (Wildman–Crippen MR) is 70.4 cm³/mol. The number of nitrogens with two attached hydrogens (primary N) is 1. The van der Waals surface area contributed by atoms with Crippen molar-refractivity contribution in [2.75, 3.05) is 13.2 Å². The number of rotatable bonds is 2. The Balaban J connectivity index is 1.69. The van der Waals surface area contributed by atoms with Gasteiger partial charge in [-0.15, -0.1) is 23.1 Å². The van der Waals surface area contributed by atoms with Crippen LogP contribution in [0.15, 0.2) is 21.7 Å². The molecule has 0 bridgehead atoms. The topological polar surface area (TPSA) is 44.5 Å². The Bertz CT molecular complexity index is 363. The fourth-order valence-corrected chi connectivity index (χ4v) is 4.81. The molecule has 3 nitrogen and oxygen atoms in total. The van der Waals surface area contributed by atoms with Gasteiger partial charge in [0.05, 0.1) is 17.4 Å². The van der Waals surface area contributed by atoms with Gasteiger partial charge >= 0.3 is 0 Å².